The van der Waals surface area contributed by atoms with Crippen molar-refractivity contribution >= 4 is 33.4 Å². The molecule has 6 nitrogen and oxygen atoms in total. The molecule has 0 aliphatic rings. The first-order valence-corrected chi connectivity index (χ1v) is 9.05. The molecule has 0 aliphatic heterocycles. The molecule has 1 unspecified atom stereocenters. The van der Waals surface area contributed by atoms with Gasteiger partial charge in [-0.25, -0.2) is 18.4 Å². The summed E-state index contributed by atoms with van der Waals surface area (Å²) in [7, 11) is -4.20. The predicted octanol–water partition coefficient (Wildman–Crippen LogP) is 3.47. The van der Waals surface area contributed by atoms with Gasteiger partial charge in [0.2, 0.25) is 9.84 Å². The molecule has 0 saturated heterocycles. The average molecular weight is 421 g/mol. The van der Waals surface area contributed by atoms with Crippen molar-refractivity contribution in [1.29, 1.82) is 0 Å². The highest BCUT2D eigenvalue weighted by Gasteiger charge is 2.35. The van der Waals surface area contributed by atoms with Gasteiger partial charge in [0, 0.05) is 6.20 Å². The zero-order chi connectivity index (χ0) is 19.1. The molecular weight excluding hydrogens is 405 g/mol. The van der Waals surface area contributed by atoms with Gasteiger partial charge in [0.05, 0.1) is 23.1 Å². The second-order valence-corrected chi connectivity index (χ2v) is 7.74. The average Bonchev–Trinajstić information content (AvgIpc) is 2.99. The van der Waals surface area contributed by atoms with Crippen LogP contribution in [0.1, 0.15) is 23.7 Å². The number of H-pyrrole nitrogens is 1. The Morgan fingerprint density at radius 1 is 1.22 bits per heavy atom. The Morgan fingerprint density at radius 3 is 2.56 bits per heavy atom. The maximum Gasteiger partial charge on any atom is 0.390 e. The topological polar surface area (TPSA) is 102 Å². The maximum absolute atomic E-state index is 13.0. The summed E-state index contributed by atoms with van der Waals surface area (Å²) >= 11 is 0. The van der Waals surface area contributed by atoms with E-state index in [2.05, 4.69) is 15.0 Å². The van der Waals surface area contributed by atoms with E-state index in [1.807, 2.05) is 0 Å². The number of nitrogens with two attached hydrogens (primary N) is 1. The molecule has 1 aromatic carbocycles. The number of benzene rings is 1. The highest BCUT2D eigenvalue weighted by atomic mass is 35.5. The van der Waals surface area contributed by atoms with Gasteiger partial charge >= 0.3 is 6.18 Å². The third kappa shape index (κ3) is 4.40. The lowest BCUT2D eigenvalue weighted by atomic mass is 10.1. The van der Waals surface area contributed by atoms with Crippen LogP contribution in [0.25, 0.3) is 11.2 Å². The van der Waals surface area contributed by atoms with Gasteiger partial charge in [-0.15, -0.1) is 12.4 Å². The van der Waals surface area contributed by atoms with Crippen molar-refractivity contribution in [3.8, 4) is 0 Å². The van der Waals surface area contributed by atoms with Crippen LogP contribution >= 0.6 is 12.4 Å². The second kappa shape index (κ2) is 7.45. The quantitative estimate of drug-likeness (QED) is 0.672. The number of hydrogen-bond acceptors (Lipinski definition) is 5. The zero-order valence-electron chi connectivity index (χ0n) is 14.0. The number of sulfone groups is 1. The molecule has 27 heavy (non-hydrogen) atoms. The molecule has 2 heterocycles. The summed E-state index contributed by atoms with van der Waals surface area (Å²) in [5.74, 6) is 0. The van der Waals surface area contributed by atoms with Gasteiger partial charge in [0.25, 0.3) is 0 Å². The zero-order valence-corrected chi connectivity index (χ0v) is 15.6. The summed E-state index contributed by atoms with van der Waals surface area (Å²) in [4.78, 5) is 10.7. The number of halogens is 4. The van der Waals surface area contributed by atoms with Crippen molar-refractivity contribution in [3.63, 3.8) is 0 Å². The summed E-state index contributed by atoms with van der Waals surface area (Å²) < 4.78 is 64.3. The first-order valence-electron chi connectivity index (χ1n) is 7.57. The van der Waals surface area contributed by atoms with Gasteiger partial charge in [-0.3, -0.25) is 0 Å². The molecule has 11 heteroatoms. The van der Waals surface area contributed by atoms with E-state index in [-0.39, 0.29) is 28.5 Å². The van der Waals surface area contributed by atoms with Crippen molar-refractivity contribution in [2.45, 2.75) is 35.5 Å². The Kier molecular flexibility index (Phi) is 5.83. The minimum absolute atomic E-state index is 0. The van der Waals surface area contributed by atoms with Crippen molar-refractivity contribution in [2.24, 2.45) is 5.73 Å². The van der Waals surface area contributed by atoms with Crippen LogP contribution in [0, 0.1) is 6.92 Å². The fourth-order valence-electron chi connectivity index (χ4n) is 2.55. The number of nitrogens with one attached hydrogen (secondary N) is 1. The molecule has 3 aromatic rings. The van der Waals surface area contributed by atoms with E-state index < -0.39 is 39.2 Å². The predicted molar refractivity (Wildman–Crippen MR) is 95.4 cm³/mol. The molecular formula is C16H16ClF3N4O2S. The van der Waals surface area contributed by atoms with Crippen LogP contribution in [-0.4, -0.2) is 29.5 Å². The third-order valence-corrected chi connectivity index (χ3v) is 5.42. The maximum atomic E-state index is 13.0. The molecule has 0 fully saturated rings. The number of nitrogens with zero attached hydrogens (tertiary/aromatic N) is 2. The van der Waals surface area contributed by atoms with E-state index in [9.17, 15) is 21.6 Å². The summed E-state index contributed by atoms with van der Waals surface area (Å²) in [5.41, 5.74) is 6.31. The first-order chi connectivity index (χ1) is 12.1. The lowest BCUT2D eigenvalue weighted by Gasteiger charge is -2.17. The third-order valence-electron chi connectivity index (χ3n) is 3.73. The largest absolute Gasteiger partial charge is 0.390 e. The lowest BCUT2D eigenvalue weighted by molar-refractivity contribution is -0.138. The van der Waals surface area contributed by atoms with E-state index in [4.69, 9.17) is 5.73 Å². The Balaban J connectivity index is 0.00000261. The number of fused-ring (bicyclic) bond motifs is 1. The van der Waals surface area contributed by atoms with E-state index in [0.29, 0.717) is 5.56 Å². The van der Waals surface area contributed by atoms with Gasteiger partial charge < -0.3 is 10.7 Å². The molecule has 3 N–H and O–H groups in total. The Morgan fingerprint density at radius 2 is 1.93 bits per heavy atom. The highest BCUT2D eigenvalue weighted by Crippen LogP contribution is 2.32. The summed E-state index contributed by atoms with van der Waals surface area (Å²) in [5, 5.41) is -0.574. The number of rotatable bonds is 4. The van der Waals surface area contributed by atoms with Gasteiger partial charge in [0.1, 0.15) is 5.52 Å². The number of hydrogen-bond donors (Lipinski definition) is 2. The molecule has 0 amide bonds. The smallest absolute Gasteiger partial charge is 0.345 e. The van der Waals surface area contributed by atoms with Gasteiger partial charge in [0.15, 0.2) is 10.7 Å². The van der Waals surface area contributed by atoms with E-state index >= 15 is 0 Å². The van der Waals surface area contributed by atoms with Crippen LogP contribution in [0.3, 0.4) is 0 Å². The molecule has 1 atom stereocenters. The fourth-order valence-corrected chi connectivity index (χ4v) is 4.05. The van der Waals surface area contributed by atoms with Crippen LogP contribution in [0.4, 0.5) is 13.2 Å². The molecule has 0 spiro atoms. The van der Waals surface area contributed by atoms with Crippen molar-refractivity contribution in [3.05, 3.63) is 47.8 Å². The monoisotopic (exact) mass is 420 g/mol. The molecule has 2 aromatic heterocycles. The van der Waals surface area contributed by atoms with E-state index in [1.165, 1.54) is 30.5 Å². The Bertz CT molecular complexity index is 1070. The normalized spacial score (nSPS) is 13.4. The molecule has 0 saturated carbocycles. The number of alkyl halides is 3. The van der Waals surface area contributed by atoms with E-state index in [0.717, 1.165) is 0 Å². The Hall–Kier alpha value is -2.17. The van der Waals surface area contributed by atoms with Crippen LogP contribution in [0.5, 0.6) is 0 Å². The summed E-state index contributed by atoms with van der Waals surface area (Å²) in [6, 6.07) is 5.83. The minimum Gasteiger partial charge on any atom is -0.345 e. The SMILES string of the molecule is Cc1cccc(S(=O)(=O)c2nc3[nH]ccc3nc2C(N)CC(F)(F)F)c1.Cl. The van der Waals surface area contributed by atoms with Gasteiger partial charge in [-0.05, 0) is 30.7 Å². The number of aromatic nitrogens is 3. The Labute approximate surface area is 159 Å². The van der Waals surface area contributed by atoms with Crippen LogP contribution in [-0.2, 0) is 9.84 Å². The van der Waals surface area contributed by atoms with Gasteiger partial charge in [-0.1, -0.05) is 12.1 Å². The van der Waals surface area contributed by atoms with Crippen LogP contribution in [0.2, 0.25) is 0 Å². The summed E-state index contributed by atoms with van der Waals surface area (Å²) in [6.07, 6.45) is -4.51. The van der Waals surface area contributed by atoms with Crippen molar-refractivity contribution < 1.29 is 21.6 Å². The second-order valence-electron chi connectivity index (χ2n) is 5.87. The fraction of sp³-hybridized carbons (Fsp3) is 0.250. The van der Waals surface area contributed by atoms with Gasteiger partial charge in [-0.2, -0.15) is 13.2 Å². The minimum atomic E-state index is -4.57. The standard InChI is InChI=1S/C16H15F3N4O2S.ClH/c1-9-3-2-4-10(7-9)26(24,25)15-13(11(20)8-16(17,18)19)22-12-5-6-21-14(12)23-15;/h2-7,11H,8,20H2,1H3,(H,21,23);1H. The molecule has 3 rings (SSSR count). The lowest BCUT2D eigenvalue weighted by Crippen LogP contribution is -2.24. The van der Waals surface area contributed by atoms with E-state index in [1.54, 1.807) is 13.0 Å². The molecule has 0 bridgehead atoms. The molecule has 0 aliphatic carbocycles. The first kappa shape index (κ1) is 21.1. The van der Waals surface area contributed by atoms with Crippen LogP contribution in [0.15, 0.2) is 46.5 Å². The molecule has 0 radical (unpaired) electrons. The molecule has 146 valence electrons. The number of aryl methyl sites for hydroxylation is 1. The van der Waals surface area contributed by atoms with Crippen molar-refractivity contribution in [1.82, 2.24) is 15.0 Å². The highest BCUT2D eigenvalue weighted by molar-refractivity contribution is 7.91. The van der Waals surface area contributed by atoms with Crippen LogP contribution < -0.4 is 5.73 Å². The number of aromatic amines is 1. The van der Waals surface area contributed by atoms with Crippen molar-refractivity contribution in [2.75, 3.05) is 0 Å². The summed E-state index contributed by atoms with van der Waals surface area (Å²) in [6.45, 7) is 1.70.